The standard InChI is InChI=1S/C32H35NO4/c1-4-5-19-33-29-21-27(36-22-25-12-8-6-9-13-25)16-17-28(29)30(35-20-18-24(2)3)31(32(33)34)37-23-26-14-10-7-11-15-26/h6-18,21H,4-5,19-20,22-23H2,1-3H3. The van der Waals surface area contributed by atoms with Crippen LogP contribution in [0.15, 0.2) is 95.3 Å². The Morgan fingerprint density at radius 2 is 1.46 bits per heavy atom. The Morgan fingerprint density at radius 3 is 2.08 bits per heavy atom. The Labute approximate surface area is 218 Å². The summed E-state index contributed by atoms with van der Waals surface area (Å²) in [6.07, 6.45) is 3.84. The van der Waals surface area contributed by atoms with E-state index in [4.69, 9.17) is 14.2 Å². The molecule has 1 heterocycles. The molecule has 0 saturated heterocycles. The summed E-state index contributed by atoms with van der Waals surface area (Å²) in [5.41, 5.74) is 3.81. The van der Waals surface area contributed by atoms with Gasteiger partial charge in [0, 0.05) is 18.0 Å². The summed E-state index contributed by atoms with van der Waals surface area (Å²) >= 11 is 0. The molecule has 4 rings (SSSR count). The lowest BCUT2D eigenvalue weighted by molar-refractivity contribution is 0.270. The fraction of sp³-hybridized carbons (Fsp3) is 0.281. The second-order valence-corrected chi connectivity index (χ2v) is 9.29. The lowest BCUT2D eigenvalue weighted by Crippen LogP contribution is -2.24. The molecule has 0 N–H and O–H groups in total. The van der Waals surface area contributed by atoms with Gasteiger partial charge in [0.25, 0.3) is 5.56 Å². The number of allylic oxidation sites excluding steroid dienone is 1. The highest BCUT2D eigenvalue weighted by molar-refractivity contribution is 5.89. The fourth-order valence-corrected chi connectivity index (χ4v) is 4.04. The molecule has 0 unspecified atom stereocenters. The molecule has 0 fully saturated rings. The number of hydrogen-bond acceptors (Lipinski definition) is 4. The van der Waals surface area contributed by atoms with Crippen LogP contribution < -0.4 is 19.8 Å². The van der Waals surface area contributed by atoms with Crippen LogP contribution in [0.1, 0.15) is 44.7 Å². The van der Waals surface area contributed by atoms with Crippen LogP contribution in [0.2, 0.25) is 0 Å². The number of pyridine rings is 1. The highest BCUT2D eigenvalue weighted by atomic mass is 16.5. The molecule has 0 aliphatic heterocycles. The first-order valence-electron chi connectivity index (χ1n) is 12.9. The van der Waals surface area contributed by atoms with Gasteiger partial charge in [0.15, 0.2) is 5.75 Å². The van der Waals surface area contributed by atoms with E-state index >= 15 is 0 Å². The second-order valence-electron chi connectivity index (χ2n) is 9.29. The molecule has 0 amide bonds. The normalized spacial score (nSPS) is 10.8. The van der Waals surface area contributed by atoms with Crippen LogP contribution in [0.25, 0.3) is 10.9 Å². The second kappa shape index (κ2) is 12.8. The Balaban J connectivity index is 1.77. The fourth-order valence-electron chi connectivity index (χ4n) is 4.04. The van der Waals surface area contributed by atoms with Crippen molar-refractivity contribution in [2.45, 2.75) is 53.4 Å². The van der Waals surface area contributed by atoms with E-state index in [-0.39, 0.29) is 17.9 Å². The van der Waals surface area contributed by atoms with Gasteiger partial charge in [-0.15, -0.1) is 0 Å². The molecule has 0 bridgehead atoms. The molecule has 0 atom stereocenters. The van der Waals surface area contributed by atoms with Gasteiger partial charge in [0.1, 0.15) is 25.6 Å². The molecular formula is C32H35NO4. The minimum absolute atomic E-state index is 0.190. The predicted molar refractivity (Wildman–Crippen MR) is 150 cm³/mol. The third-order valence-electron chi connectivity index (χ3n) is 6.08. The van der Waals surface area contributed by atoms with E-state index in [9.17, 15) is 4.79 Å². The van der Waals surface area contributed by atoms with Crippen LogP contribution in [0.4, 0.5) is 0 Å². The van der Waals surface area contributed by atoms with Crippen molar-refractivity contribution in [1.82, 2.24) is 4.57 Å². The topological polar surface area (TPSA) is 49.7 Å². The third-order valence-corrected chi connectivity index (χ3v) is 6.08. The monoisotopic (exact) mass is 497 g/mol. The third kappa shape index (κ3) is 6.82. The van der Waals surface area contributed by atoms with Gasteiger partial charge < -0.3 is 18.8 Å². The maximum atomic E-state index is 13.8. The van der Waals surface area contributed by atoms with Crippen molar-refractivity contribution >= 4 is 10.9 Å². The maximum absolute atomic E-state index is 13.8. The van der Waals surface area contributed by atoms with Gasteiger partial charge in [0.2, 0.25) is 5.75 Å². The van der Waals surface area contributed by atoms with Gasteiger partial charge in [-0.1, -0.05) is 79.6 Å². The summed E-state index contributed by atoms with van der Waals surface area (Å²) in [6.45, 7) is 7.83. The van der Waals surface area contributed by atoms with Crippen molar-refractivity contribution in [2.75, 3.05) is 6.61 Å². The van der Waals surface area contributed by atoms with Gasteiger partial charge in [0.05, 0.1) is 5.52 Å². The molecular weight excluding hydrogens is 462 g/mol. The van der Waals surface area contributed by atoms with E-state index in [0.717, 1.165) is 40.4 Å². The van der Waals surface area contributed by atoms with Gasteiger partial charge in [-0.25, -0.2) is 0 Å². The molecule has 0 aliphatic rings. The van der Waals surface area contributed by atoms with Crippen LogP contribution in [0, 0.1) is 0 Å². The molecule has 1 aromatic heterocycles. The average molecular weight is 498 g/mol. The molecule has 0 radical (unpaired) electrons. The van der Waals surface area contributed by atoms with Crippen molar-refractivity contribution in [3.8, 4) is 17.2 Å². The number of fused-ring (bicyclic) bond motifs is 1. The van der Waals surface area contributed by atoms with Crippen molar-refractivity contribution in [2.24, 2.45) is 0 Å². The van der Waals surface area contributed by atoms with E-state index < -0.39 is 0 Å². The summed E-state index contributed by atoms with van der Waals surface area (Å²) in [5, 5.41) is 0.827. The number of aromatic nitrogens is 1. The first-order chi connectivity index (χ1) is 18.1. The van der Waals surface area contributed by atoms with E-state index in [1.807, 2.05) is 98.8 Å². The minimum atomic E-state index is -0.190. The number of rotatable bonds is 12. The zero-order valence-electron chi connectivity index (χ0n) is 21.9. The lowest BCUT2D eigenvalue weighted by atomic mass is 10.1. The molecule has 0 spiro atoms. The van der Waals surface area contributed by atoms with E-state index in [1.165, 1.54) is 0 Å². The summed E-state index contributed by atoms with van der Waals surface area (Å²) < 4.78 is 20.3. The molecule has 0 saturated carbocycles. The number of benzene rings is 3. The predicted octanol–water partition coefficient (Wildman–Crippen LogP) is 7.30. The van der Waals surface area contributed by atoms with E-state index in [2.05, 4.69) is 6.92 Å². The number of unbranched alkanes of at least 4 members (excludes halogenated alkanes) is 1. The Morgan fingerprint density at radius 1 is 0.811 bits per heavy atom. The summed E-state index contributed by atoms with van der Waals surface area (Å²) in [5.74, 6) is 1.41. The van der Waals surface area contributed by atoms with Crippen LogP contribution in [-0.4, -0.2) is 11.2 Å². The summed E-state index contributed by atoms with van der Waals surface area (Å²) in [4.78, 5) is 13.8. The quantitative estimate of drug-likeness (QED) is 0.193. The van der Waals surface area contributed by atoms with Crippen LogP contribution >= 0.6 is 0 Å². The Hall–Kier alpha value is -3.99. The average Bonchev–Trinajstić information content (AvgIpc) is 2.92. The Kier molecular flexibility index (Phi) is 9.03. The van der Waals surface area contributed by atoms with Gasteiger partial charge in [-0.05, 0) is 49.6 Å². The molecule has 0 aliphatic carbocycles. The van der Waals surface area contributed by atoms with Crippen molar-refractivity contribution in [3.05, 3.63) is 112 Å². The number of aryl methyl sites for hydroxylation is 1. The number of nitrogens with zero attached hydrogens (tertiary/aromatic N) is 1. The Bertz CT molecular complexity index is 1390. The summed E-state index contributed by atoms with van der Waals surface area (Å²) in [7, 11) is 0. The summed E-state index contributed by atoms with van der Waals surface area (Å²) in [6, 6.07) is 25.7. The largest absolute Gasteiger partial charge is 0.489 e. The van der Waals surface area contributed by atoms with Crippen LogP contribution in [-0.2, 0) is 19.8 Å². The highest BCUT2D eigenvalue weighted by Gasteiger charge is 2.20. The lowest BCUT2D eigenvalue weighted by Gasteiger charge is -2.19. The van der Waals surface area contributed by atoms with E-state index in [1.54, 1.807) is 4.57 Å². The van der Waals surface area contributed by atoms with Crippen LogP contribution in [0.5, 0.6) is 17.2 Å². The van der Waals surface area contributed by atoms with Gasteiger partial charge in [-0.3, -0.25) is 4.79 Å². The van der Waals surface area contributed by atoms with Crippen molar-refractivity contribution in [1.29, 1.82) is 0 Å². The van der Waals surface area contributed by atoms with Crippen molar-refractivity contribution < 1.29 is 14.2 Å². The maximum Gasteiger partial charge on any atom is 0.297 e. The zero-order chi connectivity index (χ0) is 26.0. The minimum Gasteiger partial charge on any atom is -0.489 e. The van der Waals surface area contributed by atoms with Gasteiger partial charge >= 0.3 is 0 Å². The van der Waals surface area contributed by atoms with Crippen molar-refractivity contribution in [3.63, 3.8) is 0 Å². The zero-order valence-corrected chi connectivity index (χ0v) is 21.9. The highest BCUT2D eigenvalue weighted by Crippen LogP contribution is 2.35. The molecule has 5 nitrogen and oxygen atoms in total. The molecule has 3 aromatic carbocycles. The number of ether oxygens (including phenoxy) is 3. The van der Waals surface area contributed by atoms with E-state index in [0.29, 0.717) is 31.3 Å². The molecule has 4 aromatic rings. The van der Waals surface area contributed by atoms with Gasteiger partial charge in [-0.2, -0.15) is 0 Å². The first-order valence-corrected chi connectivity index (χ1v) is 12.9. The smallest absolute Gasteiger partial charge is 0.297 e. The molecule has 5 heteroatoms. The number of hydrogen-bond donors (Lipinski definition) is 0. The first kappa shape index (κ1) is 26.1. The SMILES string of the molecule is CCCCn1c(=O)c(OCc2ccccc2)c(OCC=C(C)C)c2ccc(OCc3ccccc3)cc21. The molecule has 192 valence electrons. The molecule has 37 heavy (non-hydrogen) atoms. The van der Waals surface area contributed by atoms with Crippen LogP contribution in [0.3, 0.4) is 0 Å².